The number of nitrogens with one attached hydrogen (secondary N) is 1. The highest BCUT2D eigenvalue weighted by molar-refractivity contribution is 9.10. The summed E-state index contributed by atoms with van der Waals surface area (Å²) in [6.07, 6.45) is 6.47. The van der Waals surface area contributed by atoms with Crippen molar-refractivity contribution in [1.82, 2.24) is 5.32 Å². The summed E-state index contributed by atoms with van der Waals surface area (Å²) in [4.78, 5) is 0. The Morgan fingerprint density at radius 2 is 1.85 bits per heavy atom. The first-order valence-electron chi connectivity index (χ1n) is 7.91. The zero-order chi connectivity index (χ0) is 15.0. The summed E-state index contributed by atoms with van der Waals surface area (Å²) >= 11 is 3.68. The van der Waals surface area contributed by atoms with Gasteiger partial charge in [-0.2, -0.15) is 0 Å². The van der Waals surface area contributed by atoms with Crippen LogP contribution >= 0.6 is 15.9 Å². The van der Waals surface area contributed by atoms with Crippen molar-refractivity contribution in [3.8, 4) is 0 Å². The fraction of sp³-hybridized carbons (Fsp3) is 0.667. The van der Waals surface area contributed by atoms with Crippen LogP contribution in [0.4, 0.5) is 0 Å². The Kier molecular flexibility index (Phi) is 7.83. The van der Waals surface area contributed by atoms with E-state index in [0.717, 1.165) is 18.9 Å². The smallest absolute Gasteiger partial charge is 0.0207 e. The first kappa shape index (κ1) is 17.7. The molecule has 0 fully saturated rings. The van der Waals surface area contributed by atoms with E-state index in [9.17, 15) is 0 Å². The van der Waals surface area contributed by atoms with Crippen LogP contribution in [0.3, 0.4) is 0 Å². The van der Waals surface area contributed by atoms with E-state index in [-0.39, 0.29) is 5.54 Å². The molecule has 0 aliphatic carbocycles. The van der Waals surface area contributed by atoms with Gasteiger partial charge in [-0.1, -0.05) is 60.3 Å². The lowest BCUT2D eigenvalue weighted by atomic mass is 9.92. The van der Waals surface area contributed by atoms with Gasteiger partial charge in [0.25, 0.3) is 0 Å². The molecule has 0 heterocycles. The Hall–Kier alpha value is -0.340. The van der Waals surface area contributed by atoms with Crippen LogP contribution in [0.25, 0.3) is 0 Å². The molecule has 1 aromatic rings. The highest BCUT2D eigenvalue weighted by Crippen LogP contribution is 2.22. The molecular formula is C18H30BrN. The van der Waals surface area contributed by atoms with Gasteiger partial charge in [0.1, 0.15) is 0 Å². The topological polar surface area (TPSA) is 12.0 Å². The molecule has 0 aliphatic heterocycles. The largest absolute Gasteiger partial charge is 0.312 e. The standard InChI is InChI=1S/C18H30BrN/c1-5-6-7-10-15(14-20-18(2,3)4)13-16-11-8-9-12-17(16)19/h8-9,11-12,15,20H,5-7,10,13-14H2,1-4H3. The maximum Gasteiger partial charge on any atom is 0.0207 e. The first-order valence-corrected chi connectivity index (χ1v) is 8.70. The van der Waals surface area contributed by atoms with Gasteiger partial charge in [-0.3, -0.25) is 0 Å². The van der Waals surface area contributed by atoms with E-state index in [1.807, 2.05) is 0 Å². The lowest BCUT2D eigenvalue weighted by Crippen LogP contribution is -2.39. The van der Waals surface area contributed by atoms with Crippen molar-refractivity contribution < 1.29 is 0 Å². The summed E-state index contributed by atoms with van der Waals surface area (Å²) in [5, 5.41) is 3.67. The fourth-order valence-electron chi connectivity index (χ4n) is 2.38. The minimum absolute atomic E-state index is 0.205. The van der Waals surface area contributed by atoms with Gasteiger partial charge >= 0.3 is 0 Å². The third-order valence-electron chi connectivity index (χ3n) is 3.60. The van der Waals surface area contributed by atoms with E-state index in [0.29, 0.717) is 0 Å². The minimum atomic E-state index is 0.205. The Morgan fingerprint density at radius 3 is 2.45 bits per heavy atom. The van der Waals surface area contributed by atoms with E-state index in [2.05, 4.69) is 73.2 Å². The molecule has 1 atom stereocenters. The number of halogens is 1. The average Bonchev–Trinajstić information content (AvgIpc) is 2.37. The second kappa shape index (κ2) is 8.84. The van der Waals surface area contributed by atoms with E-state index >= 15 is 0 Å². The zero-order valence-electron chi connectivity index (χ0n) is 13.5. The summed E-state index contributed by atoms with van der Waals surface area (Å²) in [6.45, 7) is 10.1. The van der Waals surface area contributed by atoms with Gasteiger partial charge in [0.2, 0.25) is 0 Å². The summed E-state index contributed by atoms with van der Waals surface area (Å²) < 4.78 is 1.25. The SMILES string of the molecule is CCCCCC(CNC(C)(C)C)Cc1ccccc1Br. The maximum absolute atomic E-state index is 3.68. The molecule has 0 spiro atoms. The second-order valence-corrected chi connectivity index (χ2v) is 7.64. The Balaban J connectivity index is 2.59. The van der Waals surface area contributed by atoms with Crippen LogP contribution in [0.5, 0.6) is 0 Å². The lowest BCUT2D eigenvalue weighted by Gasteiger charge is -2.26. The van der Waals surface area contributed by atoms with Gasteiger partial charge in [-0.25, -0.2) is 0 Å². The third-order valence-corrected chi connectivity index (χ3v) is 4.38. The van der Waals surface area contributed by atoms with Crippen LogP contribution in [0.15, 0.2) is 28.7 Å². The Morgan fingerprint density at radius 1 is 1.15 bits per heavy atom. The Bertz CT molecular complexity index is 381. The number of hydrogen-bond acceptors (Lipinski definition) is 1. The van der Waals surface area contributed by atoms with Crippen LogP contribution < -0.4 is 5.32 Å². The molecule has 0 radical (unpaired) electrons. The zero-order valence-corrected chi connectivity index (χ0v) is 15.1. The molecule has 1 unspecified atom stereocenters. The molecule has 1 nitrogen and oxygen atoms in total. The van der Waals surface area contributed by atoms with Crippen LogP contribution in [0.1, 0.15) is 58.9 Å². The molecule has 1 N–H and O–H groups in total. The van der Waals surface area contributed by atoms with Crippen molar-refractivity contribution in [1.29, 1.82) is 0 Å². The van der Waals surface area contributed by atoms with Crippen molar-refractivity contribution in [2.75, 3.05) is 6.54 Å². The van der Waals surface area contributed by atoms with Crippen molar-refractivity contribution in [3.63, 3.8) is 0 Å². The molecule has 0 aliphatic rings. The molecule has 2 heteroatoms. The van der Waals surface area contributed by atoms with Crippen molar-refractivity contribution in [2.45, 2.75) is 65.3 Å². The molecule has 0 saturated carbocycles. The second-order valence-electron chi connectivity index (χ2n) is 6.79. The van der Waals surface area contributed by atoms with Crippen molar-refractivity contribution in [3.05, 3.63) is 34.3 Å². The highest BCUT2D eigenvalue weighted by Gasteiger charge is 2.15. The summed E-state index contributed by atoms with van der Waals surface area (Å²) in [5.74, 6) is 0.722. The molecule has 0 aromatic heterocycles. The molecule has 0 amide bonds. The number of benzene rings is 1. The number of unbranched alkanes of at least 4 members (excludes halogenated alkanes) is 2. The quantitative estimate of drug-likeness (QED) is 0.610. The molecule has 0 saturated heterocycles. The molecule has 0 bridgehead atoms. The van der Waals surface area contributed by atoms with E-state index in [1.54, 1.807) is 0 Å². The van der Waals surface area contributed by atoms with E-state index in [1.165, 1.54) is 35.7 Å². The minimum Gasteiger partial charge on any atom is -0.312 e. The van der Waals surface area contributed by atoms with E-state index in [4.69, 9.17) is 0 Å². The summed E-state index contributed by atoms with van der Waals surface area (Å²) in [6, 6.07) is 8.62. The predicted molar refractivity (Wildman–Crippen MR) is 93.2 cm³/mol. The monoisotopic (exact) mass is 339 g/mol. The predicted octanol–water partition coefficient (Wildman–Crippen LogP) is 5.58. The fourth-order valence-corrected chi connectivity index (χ4v) is 2.83. The summed E-state index contributed by atoms with van der Waals surface area (Å²) in [5.41, 5.74) is 1.64. The lowest BCUT2D eigenvalue weighted by molar-refractivity contribution is 0.349. The number of rotatable bonds is 8. The first-order chi connectivity index (χ1) is 9.42. The normalized spacial score (nSPS) is 13.4. The molecule has 1 rings (SSSR count). The maximum atomic E-state index is 3.68. The van der Waals surface area contributed by atoms with Crippen molar-refractivity contribution >= 4 is 15.9 Å². The van der Waals surface area contributed by atoms with Crippen LogP contribution in [0, 0.1) is 5.92 Å². The summed E-state index contributed by atoms with van der Waals surface area (Å²) in [7, 11) is 0. The van der Waals surface area contributed by atoms with Gasteiger partial charge in [0.15, 0.2) is 0 Å². The van der Waals surface area contributed by atoms with Crippen molar-refractivity contribution in [2.24, 2.45) is 5.92 Å². The number of hydrogen-bond donors (Lipinski definition) is 1. The third kappa shape index (κ3) is 7.44. The molecule has 1 aromatic carbocycles. The average molecular weight is 340 g/mol. The molecule has 114 valence electrons. The molecular weight excluding hydrogens is 310 g/mol. The van der Waals surface area contributed by atoms with Gasteiger partial charge in [-0.05, 0) is 57.7 Å². The van der Waals surface area contributed by atoms with E-state index < -0.39 is 0 Å². The van der Waals surface area contributed by atoms with Gasteiger partial charge in [-0.15, -0.1) is 0 Å². The van der Waals surface area contributed by atoms with Crippen LogP contribution in [-0.2, 0) is 6.42 Å². The Labute approximate surface area is 133 Å². The molecule has 20 heavy (non-hydrogen) atoms. The highest BCUT2D eigenvalue weighted by atomic mass is 79.9. The van der Waals surface area contributed by atoms with Gasteiger partial charge < -0.3 is 5.32 Å². The van der Waals surface area contributed by atoms with Crippen LogP contribution in [-0.4, -0.2) is 12.1 Å². The van der Waals surface area contributed by atoms with Crippen LogP contribution in [0.2, 0.25) is 0 Å². The van der Waals surface area contributed by atoms with Gasteiger partial charge in [0.05, 0.1) is 0 Å². The van der Waals surface area contributed by atoms with Gasteiger partial charge in [0, 0.05) is 10.0 Å².